The second-order valence-electron chi connectivity index (χ2n) is 14.9. The van der Waals surface area contributed by atoms with Gasteiger partial charge in [-0.1, -0.05) is 17.7 Å². The molecule has 4 amide bonds. The van der Waals surface area contributed by atoms with Crippen LogP contribution in [-0.2, 0) is 29.4 Å². The van der Waals surface area contributed by atoms with Crippen LogP contribution in [-0.4, -0.2) is 99.7 Å². The van der Waals surface area contributed by atoms with E-state index in [2.05, 4.69) is 25.7 Å². The summed E-state index contributed by atoms with van der Waals surface area (Å²) in [6.45, 7) is 2.65. The zero-order valence-corrected chi connectivity index (χ0v) is 32.1. The Morgan fingerprint density at radius 2 is 1.79 bits per heavy atom. The average Bonchev–Trinajstić information content (AvgIpc) is 3.68. The molecule has 0 bridgehead atoms. The number of halogens is 4. The fourth-order valence-electron chi connectivity index (χ4n) is 8.21. The van der Waals surface area contributed by atoms with Gasteiger partial charge in [-0.2, -0.15) is 18.3 Å². The molecule has 4 aromatic rings. The molecule has 0 aliphatic carbocycles. The van der Waals surface area contributed by atoms with E-state index in [9.17, 15) is 32.3 Å². The van der Waals surface area contributed by atoms with E-state index in [1.807, 2.05) is 12.1 Å². The second-order valence-corrected chi connectivity index (χ2v) is 15.3. The van der Waals surface area contributed by atoms with Gasteiger partial charge in [-0.05, 0) is 73.4 Å². The van der Waals surface area contributed by atoms with E-state index in [0.717, 1.165) is 48.7 Å². The zero-order valence-electron chi connectivity index (χ0n) is 31.3. The molecule has 3 N–H and O–H groups in total. The lowest BCUT2D eigenvalue weighted by Gasteiger charge is -2.41. The number of piperidine rings is 3. The number of fused-ring (bicyclic) bond motifs is 1. The summed E-state index contributed by atoms with van der Waals surface area (Å²) in [6, 6.07) is 6.89. The van der Waals surface area contributed by atoms with Gasteiger partial charge >= 0.3 is 12.2 Å². The summed E-state index contributed by atoms with van der Waals surface area (Å²) in [5, 5.41) is 13.1. The number of urea groups is 1. The van der Waals surface area contributed by atoms with Gasteiger partial charge < -0.3 is 24.4 Å². The standard InChI is InChI=1S/C39H44ClF3N8O5/c1-48-20-28(27-19-44-47-35(27)37(48)54)23-16-31(40)29(33(17-23)56-3)21-50-12-10-25(11-13-50)49(2)38(55)51-14-8-22(9-15-51)26-5-4-24(18-30(26)39(41,42)43)45-32-6-7-34(52)46-36(32)53/h4-5,16-20,22,25,32,45H,6-15,21H2,1-3H3,(H,44,47)(H,46,52,53). The first-order valence-corrected chi connectivity index (χ1v) is 19.0. The van der Waals surface area contributed by atoms with Gasteiger partial charge in [0.25, 0.3) is 5.56 Å². The zero-order chi connectivity index (χ0) is 39.9. The Hall–Kier alpha value is -5.09. The molecule has 0 radical (unpaired) electrons. The molecule has 7 rings (SSSR count). The number of alkyl halides is 3. The average molecular weight is 797 g/mol. The molecule has 3 aliphatic rings. The summed E-state index contributed by atoms with van der Waals surface area (Å²) in [4.78, 5) is 55.6. The van der Waals surface area contributed by atoms with Gasteiger partial charge in [0.2, 0.25) is 11.8 Å². The normalized spacial score (nSPS) is 19.0. The Labute approximate surface area is 326 Å². The third-order valence-corrected chi connectivity index (χ3v) is 11.7. The minimum absolute atomic E-state index is 0.000413. The Kier molecular flexibility index (Phi) is 11.1. The van der Waals surface area contributed by atoms with Crippen LogP contribution in [0.2, 0.25) is 5.02 Å². The second kappa shape index (κ2) is 15.8. The maximum absolute atomic E-state index is 14.3. The number of aromatic nitrogens is 3. The Bertz CT molecular complexity index is 2210. The van der Waals surface area contributed by atoms with Crippen molar-refractivity contribution in [3.05, 3.63) is 74.8 Å². The number of aryl methyl sites for hydroxylation is 1. The molecule has 13 nitrogen and oxygen atoms in total. The van der Waals surface area contributed by atoms with Crippen LogP contribution >= 0.6 is 11.6 Å². The molecule has 298 valence electrons. The molecule has 3 fully saturated rings. The van der Waals surface area contributed by atoms with Crippen LogP contribution in [0.15, 0.2) is 47.5 Å². The van der Waals surface area contributed by atoms with Crippen molar-refractivity contribution in [3.63, 3.8) is 0 Å². The molecule has 2 aromatic carbocycles. The van der Waals surface area contributed by atoms with E-state index in [1.54, 1.807) is 49.5 Å². The number of methoxy groups -OCH3 is 1. The number of nitrogens with zero attached hydrogens (tertiary/aromatic N) is 5. The van der Waals surface area contributed by atoms with Crippen molar-refractivity contribution < 1.29 is 32.3 Å². The summed E-state index contributed by atoms with van der Waals surface area (Å²) in [5.74, 6) is -0.727. The van der Waals surface area contributed by atoms with Gasteiger partial charge in [-0.15, -0.1) is 0 Å². The van der Waals surface area contributed by atoms with Crippen molar-refractivity contribution in [1.29, 1.82) is 0 Å². The lowest BCUT2D eigenvalue weighted by Crippen LogP contribution is -2.51. The minimum atomic E-state index is -4.61. The highest BCUT2D eigenvalue weighted by Crippen LogP contribution is 2.41. The fourth-order valence-corrected chi connectivity index (χ4v) is 8.48. The summed E-state index contributed by atoms with van der Waals surface area (Å²) in [7, 11) is 5.07. The lowest BCUT2D eigenvalue weighted by molar-refractivity contribution is -0.138. The number of imide groups is 1. The summed E-state index contributed by atoms with van der Waals surface area (Å²) in [5.41, 5.74) is 2.22. The van der Waals surface area contributed by atoms with Crippen molar-refractivity contribution in [1.82, 2.24) is 34.8 Å². The van der Waals surface area contributed by atoms with Crippen LogP contribution < -0.4 is 20.9 Å². The van der Waals surface area contributed by atoms with E-state index in [0.29, 0.717) is 54.2 Å². The van der Waals surface area contributed by atoms with Crippen molar-refractivity contribution in [3.8, 4) is 16.9 Å². The first kappa shape index (κ1) is 39.2. The molecular formula is C39H44ClF3N8O5. The molecule has 1 unspecified atom stereocenters. The molecule has 5 heterocycles. The topological polar surface area (TPSA) is 145 Å². The van der Waals surface area contributed by atoms with E-state index in [-0.39, 0.29) is 47.6 Å². The Morgan fingerprint density at radius 1 is 1.05 bits per heavy atom. The molecule has 3 aliphatic heterocycles. The van der Waals surface area contributed by atoms with E-state index < -0.39 is 29.6 Å². The van der Waals surface area contributed by atoms with Crippen LogP contribution in [0.5, 0.6) is 5.75 Å². The Balaban J connectivity index is 0.943. The van der Waals surface area contributed by atoms with E-state index in [1.165, 1.54) is 10.6 Å². The quantitative estimate of drug-likeness (QED) is 0.192. The van der Waals surface area contributed by atoms with Gasteiger partial charge in [-0.3, -0.25) is 29.7 Å². The van der Waals surface area contributed by atoms with Gasteiger partial charge in [0.1, 0.15) is 17.3 Å². The molecule has 2 aromatic heterocycles. The third kappa shape index (κ3) is 7.94. The number of benzene rings is 2. The van der Waals surface area contributed by atoms with E-state index in [4.69, 9.17) is 16.3 Å². The van der Waals surface area contributed by atoms with E-state index >= 15 is 0 Å². The Morgan fingerprint density at radius 3 is 2.46 bits per heavy atom. The van der Waals surface area contributed by atoms with Crippen LogP contribution in [0.25, 0.3) is 22.0 Å². The maximum Gasteiger partial charge on any atom is 0.416 e. The molecule has 0 spiro atoms. The molecule has 0 saturated carbocycles. The number of hydrogen-bond acceptors (Lipinski definition) is 8. The van der Waals surface area contributed by atoms with Crippen LogP contribution in [0.1, 0.15) is 61.1 Å². The van der Waals surface area contributed by atoms with Gasteiger partial charge in [0, 0.05) is 92.7 Å². The first-order chi connectivity index (χ1) is 26.7. The van der Waals surface area contributed by atoms with Crippen LogP contribution in [0.4, 0.5) is 23.7 Å². The van der Waals surface area contributed by atoms with Crippen molar-refractivity contribution >= 4 is 46.0 Å². The predicted octanol–water partition coefficient (Wildman–Crippen LogP) is 5.72. The summed E-state index contributed by atoms with van der Waals surface area (Å²) >= 11 is 6.88. The highest BCUT2D eigenvalue weighted by Gasteiger charge is 2.38. The molecule has 56 heavy (non-hydrogen) atoms. The summed E-state index contributed by atoms with van der Waals surface area (Å²) < 4.78 is 50.2. The largest absolute Gasteiger partial charge is 0.496 e. The number of likely N-dealkylation sites (tertiary alicyclic amines) is 2. The number of H-pyrrole nitrogens is 1. The maximum atomic E-state index is 14.3. The van der Waals surface area contributed by atoms with Crippen molar-refractivity contribution in [2.24, 2.45) is 7.05 Å². The number of hydrogen-bond donors (Lipinski definition) is 3. The minimum Gasteiger partial charge on any atom is -0.496 e. The van der Waals surface area contributed by atoms with Crippen molar-refractivity contribution in [2.45, 2.75) is 69.2 Å². The SMILES string of the molecule is COc1cc(-c2cn(C)c(=O)c3[nH]ncc23)cc(Cl)c1CN1CCC(N(C)C(=O)N2CCC(c3ccc(NC4CCC(=O)NC4=O)cc3C(F)(F)F)CC2)CC1. The number of aromatic amines is 1. The number of pyridine rings is 1. The molecular weight excluding hydrogens is 753 g/mol. The monoisotopic (exact) mass is 796 g/mol. The van der Waals surface area contributed by atoms with Gasteiger partial charge in [0.05, 0.1) is 18.9 Å². The van der Waals surface area contributed by atoms with Crippen LogP contribution in [0.3, 0.4) is 0 Å². The molecule has 1 atom stereocenters. The number of anilines is 1. The third-order valence-electron chi connectivity index (χ3n) is 11.4. The number of carbonyl (C=O) groups is 3. The number of ether oxygens (including phenoxy) is 1. The van der Waals surface area contributed by atoms with Gasteiger partial charge in [0.15, 0.2) is 0 Å². The predicted molar refractivity (Wildman–Crippen MR) is 205 cm³/mol. The number of amides is 4. The van der Waals surface area contributed by atoms with Crippen LogP contribution in [0, 0.1) is 0 Å². The smallest absolute Gasteiger partial charge is 0.416 e. The number of rotatable bonds is 8. The fraction of sp³-hybridized carbons (Fsp3) is 0.462. The van der Waals surface area contributed by atoms with Gasteiger partial charge in [-0.25, -0.2) is 4.79 Å². The highest BCUT2D eigenvalue weighted by molar-refractivity contribution is 6.32. The first-order valence-electron chi connectivity index (χ1n) is 18.7. The molecule has 17 heteroatoms. The molecule has 3 saturated heterocycles. The van der Waals surface area contributed by atoms with Crippen molar-refractivity contribution in [2.75, 3.05) is 45.7 Å². The lowest BCUT2D eigenvalue weighted by atomic mass is 9.86. The number of nitrogens with one attached hydrogen (secondary N) is 3. The highest BCUT2D eigenvalue weighted by atomic mass is 35.5. The number of carbonyl (C=O) groups excluding carboxylic acids is 3. The summed E-state index contributed by atoms with van der Waals surface area (Å²) in [6.07, 6.45) is 1.32.